The molecule has 4 rings (SSSR count). The summed E-state index contributed by atoms with van der Waals surface area (Å²) >= 11 is 6.04. The van der Waals surface area contributed by atoms with Crippen molar-refractivity contribution in [2.24, 2.45) is 0 Å². The van der Waals surface area contributed by atoms with Crippen LogP contribution in [0.2, 0.25) is 5.02 Å². The van der Waals surface area contributed by atoms with Crippen molar-refractivity contribution in [2.75, 3.05) is 24.6 Å². The van der Waals surface area contributed by atoms with Gasteiger partial charge in [-0.05, 0) is 6.07 Å². The Hall–Kier alpha value is -3.25. The number of aromatic nitrogens is 4. The Bertz CT molecular complexity index is 1220. The Morgan fingerprint density at radius 3 is 2.91 bits per heavy atom. The van der Waals surface area contributed by atoms with E-state index >= 15 is 0 Å². The van der Waals surface area contributed by atoms with Crippen LogP contribution >= 0.6 is 11.6 Å². The smallest absolute Gasteiger partial charge is 0.372 e. The molecule has 0 aromatic carbocycles. The Morgan fingerprint density at radius 2 is 2.18 bits per heavy atom. The van der Waals surface area contributed by atoms with Crippen LogP contribution in [0.1, 0.15) is 6.42 Å². The van der Waals surface area contributed by atoms with Crippen LogP contribution in [-0.4, -0.2) is 63.9 Å². The van der Waals surface area contributed by atoms with Crippen LogP contribution in [0.5, 0.6) is 0 Å². The highest BCUT2D eigenvalue weighted by atomic mass is 35.5. The van der Waals surface area contributed by atoms with Gasteiger partial charge < -0.3 is 19.9 Å². The number of nitrogens with zero attached hydrogens (tertiary/aromatic N) is 4. The van der Waals surface area contributed by atoms with Crippen molar-refractivity contribution in [1.82, 2.24) is 25.3 Å². The first-order valence-corrected chi connectivity index (χ1v) is 10.5. The van der Waals surface area contributed by atoms with Crippen molar-refractivity contribution < 1.29 is 27.1 Å². The van der Waals surface area contributed by atoms with E-state index in [0.717, 1.165) is 6.20 Å². The molecule has 3 aromatic heterocycles. The molecule has 180 valence electrons. The summed E-state index contributed by atoms with van der Waals surface area (Å²) in [5, 5.41) is 2.83. The van der Waals surface area contributed by atoms with Crippen LogP contribution in [0.25, 0.3) is 22.4 Å². The Balaban J connectivity index is 1.68. The largest absolute Gasteiger partial charge is 0.405 e. The van der Waals surface area contributed by atoms with Gasteiger partial charge >= 0.3 is 6.18 Å². The summed E-state index contributed by atoms with van der Waals surface area (Å²) in [5.41, 5.74) is 1.00. The maximum Gasteiger partial charge on any atom is 0.405 e. The van der Waals surface area contributed by atoms with E-state index in [1.54, 1.807) is 12.3 Å². The lowest BCUT2D eigenvalue weighted by molar-refractivity contribution is -0.139. The summed E-state index contributed by atoms with van der Waals surface area (Å²) in [7, 11) is 0. The third-order valence-corrected chi connectivity index (χ3v) is 5.42. The van der Waals surface area contributed by atoms with Gasteiger partial charge in [0.05, 0.1) is 23.9 Å². The third-order valence-electron chi connectivity index (χ3n) is 5.21. The van der Waals surface area contributed by atoms with Gasteiger partial charge in [0.15, 0.2) is 17.5 Å². The summed E-state index contributed by atoms with van der Waals surface area (Å²) in [5.74, 6) is -1.86. The number of H-pyrrole nitrogens is 1. The lowest BCUT2D eigenvalue weighted by Gasteiger charge is -2.25. The van der Waals surface area contributed by atoms with E-state index < -0.39 is 36.6 Å². The second kappa shape index (κ2) is 9.55. The summed E-state index contributed by atoms with van der Waals surface area (Å²) in [6, 6.07) is 0.512. The number of amides is 1. The first kappa shape index (κ1) is 23.9. The minimum Gasteiger partial charge on any atom is -0.372 e. The van der Waals surface area contributed by atoms with E-state index in [4.69, 9.17) is 16.3 Å². The van der Waals surface area contributed by atoms with E-state index in [2.05, 4.69) is 26.5 Å². The van der Waals surface area contributed by atoms with Gasteiger partial charge in [-0.25, -0.2) is 19.3 Å². The van der Waals surface area contributed by atoms with Gasteiger partial charge in [-0.2, -0.15) is 13.2 Å². The van der Waals surface area contributed by atoms with Crippen LogP contribution in [0.3, 0.4) is 0 Å². The lowest BCUT2D eigenvalue weighted by atomic mass is 10.2. The average molecular weight is 499 g/mol. The highest BCUT2D eigenvalue weighted by molar-refractivity contribution is 6.31. The molecule has 2 atom stereocenters. The van der Waals surface area contributed by atoms with Gasteiger partial charge in [0.1, 0.15) is 18.2 Å². The van der Waals surface area contributed by atoms with Gasteiger partial charge in [0.2, 0.25) is 5.91 Å². The zero-order valence-electron chi connectivity index (χ0n) is 17.6. The Labute approximate surface area is 196 Å². The average Bonchev–Trinajstić information content (AvgIpc) is 3.40. The maximum atomic E-state index is 14.9. The zero-order chi connectivity index (χ0) is 24.5. The monoisotopic (exact) mass is 498 g/mol. The normalized spacial score (nSPS) is 18.4. The molecule has 0 spiro atoms. The number of hydrogen-bond acceptors (Lipinski definition) is 6. The summed E-state index contributed by atoms with van der Waals surface area (Å²) < 4.78 is 58.3. The third kappa shape index (κ3) is 5.12. The fraction of sp³-hybridized carbons (Fsp3) is 0.333. The summed E-state index contributed by atoms with van der Waals surface area (Å²) in [6.45, 7) is 2.25. The number of alkyl halides is 3. The molecule has 34 heavy (non-hydrogen) atoms. The van der Waals surface area contributed by atoms with Crippen LogP contribution < -0.4 is 10.2 Å². The van der Waals surface area contributed by atoms with Gasteiger partial charge in [-0.15, -0.1) is 6.58 Å². The number of carbonyl (C=O) groups is 1. The molecule has 1 unspecified atom stereocenters. The molecule has 3 aromatic rings. The van der Waals surface area contributed by atoms with Crippen molar-refractivity contribution in [3.05, 3.63) is 48.2 Å². The minimum absolute atomic E-state index is 0.0343. The van der Waals surface area contributed by atoms with E-state index in [9.17, 15) is 22.4 Å². The number of fused-ring (bicyclic) bond motifs is 1. The van der Waals surface area contributed by atoms with Crippen molar-refractivity contribution >= 4 is 34.4 Å². The van der Waals surface area contributed by atoms with Crippen molar-refractivity contribution in [3.8, 4) is 11.4 Å². The quantitative estimate of drug-likeness (QED) is 0.381. The predicted molar refractivity (Wildman–Crippen MR) is 117 cm³/mol. The highest BCUT2D eigenvalue weighted by Crippen LogP contribution is 2.32. The molecule has 8 nitrogen and oxygen atoms in total. The molecule has 1 amide bonds. The highest BCUT2D eigenvalue weighted by Gasteiger charge is 2.40. The van der Waals surface area contributed by atoms with E-state index in [0.29, 0.717) is 21.6 Å². The number of hydrogen-bond donors (Lipinski definition) is 2. The second-order valence-electron chi connectivity index (χ2n) is 7.60. The molecule has 0 aliphatic carbocycles. The van der Waals surface area contributed by atoms with E-state index in [-0.39, 0.29) is 31.2 Å². The number of halogens is 5. The molecule has 0 radical (unpaired) electrons. The molecule has 4 heterocycles. The zero-order valence-corrected chi connectivity index (χ0v) is 18.3. The number of pyridine rings is 1. The van der Waals surface area contributed by atoms with Gasteiger partial charge in [-0.1, -0.05) is 17.7 Å². The van der Waals surface area contributed by atoms with Gasteiger partial charge in [0.25, 0.3) is 0 Å². The topological polar surface area (TPSA) is 96.0 Å². The van der Waals surface area contributed by atoms with Gasteiger partial charge in [0, 0.05) is 36.3 Å². The number of rotatable bonds is 7. The molecule has 1 fully saturated rings. The fourth-order valence-electron chi connectivity index (χ4n) is 3.76. The standard InChI is InChI=1S/C21H19ClF4N6O2/c1-2-3-34-12-5-16(20(33)30-10-21(24,25)26)32(9-12)19-15(23)8-29-18(31-19)14-7-28-17-13(14)4-11(22)6-27-17/h2,4,6-8,12,16H,1,3,5,9-10H2,(H,27,28)(H,30,33)/t12?,16-/m1/s1. The molecule has 0 saturated carbocycles. The molecule has 1 saturated heterocycles. The minimum atomic E-state index is -4.59. The van der Waals surface area contributed by atoms with Crippen molar-refractivity contribution in [3.63, 3.8) is 0 Å². The fourth-order valence-corrected chi connectivity index (χ4v) is 3.92. The maximum absolute atomic E-state index is 14.9. The molecule has 1 aliphatic rings. The number of anilines is 1. The SMILES string of the molecule is C=CCOC1C[C@H](C(=O)NCC(F)(F)F)N(c2nc(-c3c[nH]c4ncc(Cl)cc34)ncc2F)C1. The molecule has 2 N–H and O–H groups in total. The Morgan fingerprint density at radius 1 is 1.38 bits per heavy atom. The number of carbonyl (C=O) groups excluding carboxylic acids is 1. The molecule has 0 bridgehead atoms. The second-order valence-corrected chi connectivity index (χ2v) is 8.03. The number of nitrogens with one attached hydrogen (secondary N) is 2. The van der Waals surface area contributed by atoms with Crippen LogP contribution in [0.15, 0.2) is 37.3 Å². The number of ether oxygens (including phenoxy) is 1. The van der Waals surface area contributed by atoms with Crippen LogP contribution in [0.4, 0.5) is 23.4 Å². The molecule has 1 aliphatic heterocycles. The summed E-state index contributed by atoms with van der Waals surface area (Å²) in [6.07, 6.45) is 0.391. The number of aromatic amines is 1. The Kier molecular flexibility index (Phi) is 6.71. The summed E-state index contributed by atoms with van der Waals surface area (Å²) in [4.78, 5) is 29.4. The van der Waals surface area contributed by atoms with Crippen LogP contribution in [0, 0.1) is 5.82 Å². The van der Waals surface area contributed by atoms with Gasteiger partial charge in [-0.3, -0.25) is 4.79 Å². The van der Waals surface area contributed by atoms with E-state index in [1.807, 2.05) is 5.32 Å². The first-order chi connectivity index (χ1) is 16.2. The molecular weight excluding hydrogens is 480 g/mol. The first-order valence-electron chi connectivity index (χ1n) is 10.2. The van der Waals surface area contributed by atoms with E-state index in [1.165, 1.54) is 17.2 Å². The predicted octanol–water partition coefficient (Wildman–Crippen LogP) is 3.64. The molecular formula is C21H19ClF4N6O2. The lowest BCUT2D eigenvalue weighted by Crippen LogP contribution is -2.46. The molecule has 13 heteroatoms. The van der Waals surface area contributed by atoms with Crippen molar-refractivity contribution in [2.45, 2.75) is 24.7 Å². The van der Waals surface area contributed by atoms with Crippen LogP contribution in [-0.2, 0) is 9.53 Å². The van der Waals surface area contributed by atoms with Crippen molar-refractivity contribution in [1.29, 1.82) is 0 Å².